The molecule has 2 unspecified atom stereocenters. The third-order valence-electron chi connectivity index (χ3n) is 3.97. The van der Waals surface area contributed by atoms with Gasteiger partial charge in [0.25, 0.3) is 0 Å². The predicted octanol–water partition coefficient (Wildman–Crippen LogP) is -0.142. The molecule has 2 saturated heterocycles. The molecule has 0 aromatic heterocycles. The largest absolute Gasteiger partial charge is 0.379 e. The minimum Gasteiger partial charge on any atom is -0.379 e. The molecule has 0 aromatic rings. The molecule has 2 heterocycles. The van der Waals surface area contributed by atoms with Crippen LogP contribution < -0.4 is 5.32 Å². The molecule has 0 radical (unpaired) electrons. The van der Waals surface area contributed by atoms with Crippen LogP contribution in [0.4, 0.5) is 0 Å². The number of nitrogens with zero attached hydrogens (tertiary/aromatic N) is 2. The molecule has 0 amide bonds. The van der Waals surface area contributed by atoms with Crippen LogP contribution in [0.3, 0.4) is 0 Å². The first kappa shape index (κ1) is 12.3. The van der Waals surface area contributed by atoms with Crippen molar-refractivity contribution in [1.29, 1.82) is 0 Å². The van der Waals surface area contributed by atoms with E-state index in [1.807, 2.05) is 7.05 Å². The van der Waals surface area contributed by atoms with Crippen LogP contribution in [0.1, 0.15) is 6.92 Å². The van der Waals surface area contributed by atoms with Crippen LogP contribution in [0.25, 0.3) is 0 Å². The fourth-order valence-electron chi connectivity index (χ4n) is 2.72. The van der Waals surface area contributed by atoms with Gasteiger partial charge in [-0.15, -0.1) is 0 Å². The lowest BCUT2D eigenvalue weighted by Gasteiger charge is -2.35. The lowest BCUT2D eigenvalue weighted by atomic mass is 10.0. The minimum absolute atomic E-state index is 0.559. The number of rotatable bonds is 4. The summed E-state index contributed by atoms with van der Waals surface area (Å²) in [6.07, 6.45) is 0. The highest BCUT2D eigenvalue weighted by atomic mass is 16.5. The zero-order chi connectivity index (χ0) is 11.4. The van der Waals surface area contributed by atoms with Crippen LogP contribution in [-0.2, 0) is 4.74 Å². The molecule has 4 nitrogen and oxygen atoms in total. The Balaban J connectivity index is 1.73. The first-order chi connectivity index (χ1) is 7.83. The van der Waals surface area contributed by atoms with Crippen molar-refractivity contribution in [3.8, 4) is 0 Å². The summed E-state index contributed by atoms with van der Waals surface area (Å²) in [5.41, 5.74) is 0. The maximum atomic E-state index is 5.54. The summed E-state index contributed by atoms with van der Waals surface area (Å²) in [7, 11) is 2.04. The lowest BCUT2D eigenvalue weighted by Crippen LogP contribution is -2.49. The Kier molecular flexibility index (Phi) is 4.58. The van der Waals surface area contributed by atoms with E-state index in [2.05, 4.69) is 22.0 Å². The Morgan fingerprint density at radius 2 is 1.81 bits per heavy atom. The van der Waals surface area contributed by atoms with Crippen LogP contribution in [0, 0.1) is 5.92 Å². The van der Waals surface area contributed by atoms with Crippen molar-refractivity contribution in [2.75, 3.05) is 59.5 Å². The molecule has 0 bridgehead atoms. The smallest absolute Gasteiger partial charge is 0.0623 e. The van der Waals surface area contributed by atoms with Gasteiger partial charge in [-0.3, -0.25) is 0 Å². The van der Waals surface area contributed by atoms with E-state index < -0.39 is 0 Å². The summed E-state index contributed by atoms with van der Waals surface area (Å²) < 4.78 is 5.54. The molecule has 94 valence electrons. The van der Waals surface area contributed by atoms with E-state index in [1.165, 1.54) is 39.3 Å². The number of hydrogen-bond donors (Lipinski definition) is 1. The molecule has 0 aliphatic carbocycles. The van der Waals surface area contributed by atoms with Gasteiger partial charge in [0.05, 0.1) is 13.2 Å². The molecule has 2 aliphatic heterocycles. The molecular formula is C12H25N3O. The van der Waals surface area contributed by atoms with E-state index >= 15 is 0 Å². The topological polar surface area (TPSA) is 27.7 Å². The van der Waals surface area contributed by atoms with E-state index in [9.17, 15) is 0 Å². The standard InChI is InChI=1S/C12H25N3O/c1-3-14-4-6-15(7-5-14)8-11-9-16-10-12(11)13-2/h11-13H,3-10H2,1-2H3. The van der Waals surface area contributed by atoms with Crippen molar-refractivity contribution in [3.63, 3.8) is 0 Å². The average molecular weight is 227 g/mol. The monoisotopic (exact) mass is 227 g/mol. The van der Waals surface area contributed by atoms with Crippen LogP contribution in [0.2, 0.25) is 0 Å². The van der Waals surface area contributed by atoms with Crippen LogP contribution in [0.5, 0.6) is 0 Å². The van der Waals surface area contributed by atoms with E-state index in [4.69, 9.17) is 4.74 Å². The third-order valence-corrected chi connectivity index (χ3v) is 3.97. The molecule has 2 rings (SSSR count). The summed E-state index contributed by atoms with van der Waals surface area (Å²) >= 11 is 0. The minimum atomic E-state index is 0.559. The van der Waals surface area contributed by atoms with Gasteiger partial charge < -0.3 is 19.9 Å². The number of hydrogen-bond acceptors (Lipinski definition) is 4. The first-order valence-electron chi connectivity index (χ1n) is 6.53. The van der Waals surface area contributed by atoms with E-state index in [-0.39, 0.29) is 0 Å². The van der Waals surface area contributed by atoms with Crippen LogP contribution >= 0.6 is 0 Å². The normalized spacial score (nSPS) is 33.4. The third kappa shape index (κ3) is 2.94. The molecule has 0 aromatic carbocycles. The molecule has 4 heteroatoms. The van der Waals surface area contributed by atoms with Crippen molar-refractivity contribution in [2.24, 2.45) is 5.92 Å². The maximum Gasteiger partial charge on any atom is 0.0623 e. The Bertz CT molecular complexity index is 204. The summed E-state index contributed by atoms with van der Waals surface area (Å²) in [5, 5.41) is 3.36. The zero-order valence-electron chi connectivity index (χ0n) is 10.6. The molecule has 2 fully saturated rings. The zero-order valence-corrected chi connectivity index (χ0v) is 10.6. The maximum absolute atomic E-state index is 5.54. The molecule has 0 saturated carbocycles. The molecule has 16 heavy (non-hydrogen) atoms. The van der Waals surface area contributed by atoms with Crippen molar-refractivity contribution in [2.45, 2.75) is 13.0 Å². The van der Waals surface area contributed by atoms with Crippen molar-refractivity contribution < 1.29 is 4.74 Å². The number of nitrogens with one attached hydrogen (secondary N) is 1. The SMILES string of the molecule is CCN1CCN(CC2COCC2NC)CC1. The number of likely N-dealkylation sites (N-methyl/N-ethyl adjacent to an activating group) is 2. The highest BCUT2D eigenvalue weighted by Crippen LogP contribution is 2.15. The molecule has 1 N–H and O–H groups in total. The van der Waals surface area contributed by atoms with Gasteiger partial charge in [0.15, 0.2) is 0 Å². The Morgan fingerprint density at radius 3 is 2.44 bits per heavy atom. The van der Waals surface area contributed by atoms with Crippen molar-refractivity contribution in [1.82, 2.24) is 15.1 Å². The fraction of sp³-hybridized carbons (Fsp3) is 1.00. The molecular weight excluding hydrogens is 202 g/mol. The Labute approximate surface area is 98.9 Å². The number of ether oxygens (including phenoxy) is 1. The van der Waals surface area contributed by atoms with Gasteiger partial charge in [0, 0.05) is 44.7 Å². The predicted molar refractivity (Wildman–Crippen MR) is 65.7 cm³/mol. The Morgan fingerprint density at radius 1 is 1.12 bits per heavy atom. The summed E-state index contributed by atoms with van der Waals surface area (Å²) in [4.78, 5) is 5.12. The first-order valence-corrected chi connectivity index (χ1v) is 6.53. The van der Waals surface area contributed by atoms with Crippen LogP contribution in [-0.4, -0.2) is 75.4 Å². The quantitative estimate of drug-likeness (QED) is 0.723. The van der Waals surface area contributed by atoms with Gasteiger partial charge in [-0.25, -0.2) is 0 Å². The van der Waals surface area contributed by atoms with Gasteiger partial charge in [-0.2, -0.15) is 0 Å². The lowest BCUT2D eigenvalue weighted by molar-refractivity contribution is 0.112. The molecule has 2 aliphatic rings. The summed E-state index contributed by atoms with van der Waals surface area (Å²) in [6, 6.07) is 0.559. The summed E-state index contributed by atoms with van der Waals surface area (Å²) in [5.74, 6) is 0.679. The molecule has 2 atom stereocenters. The van der Waals surface area contributed by atoms with Gasteiger partial charge in [-0.1, -0.05) is 6.92 Å². The van der Waals surface area contributed by atoms with Crippen molar-refractivity contribution in [3.05, 3.63) is 0 Å². The highest BCUT2D eigenvalue weighted by Gasteiger charge is 2.29. The Hall–Kier alpha value is -0.160. The second-order valence-electron chi connectivity index (χ2n) is 4.93. The van der Waals surface area contributed by atoms with E-state index in [0.29, 0.717) is 12.0 Å². The fourth-order valence-corrected chi connectivity index (χ4v) is 2.72. The number of piperazine rings is 1. The average Bonchev–Trinajstić information content (AvgIpc) is 2.77. The second-order valence-corrected chi connectivity index (χ2v) is 4.93. The highest BCUT2D eigenvalue weighted by molar-refractivity contribution is 4.84. The van der Waals surface area contributed by atoms with E-state index in [1.54, 1.807) is 0 Å². The van der Waals surface area contributed by atoms with Gasteiger partial charge in [-0.05, 0) is 13.6 Å². The van der Waals surface area contributed by atoms with Crippen molar-refractivity contribution >= 4 is 0 Å². The van der Waals surface area contributed by atoms with Gasteiger partial charge in [0.2, 0.25) is 0 Å². The van der Waals surface area contributed by atoms with Gasteiger partial charge in [0.1, 0.15) is 0 Å². The summed E-state index contributed by atoms with van der Waals surface area (Å²) in [6.45, 7) is 11.4. The molecule has 0 spiro atoms. The second kappa shape index (κ2) is 5.96. The van der Waals surface area contributed by atoms with E-state index in [0.717, 1.165) is 13.2 Å². The van der Waals surface area contributed by atoms with Gasteiger partial charge >= 0.3 is 0 Å². The van der Waals surface area contributed by atoms with Crippen LogP contribution in [0.15, 0.2) is 0 Å².